The van der Waals surface area contributed by atoms with Gasteiger partial charge in [-0.1, -0.05) is 29.8 Å². The lowest BCUT2D eigenvalue weighted by Crippen LogP contribution is -2.31. The molecule has 0 aliphatic heterocycles. The molecule has 2 rings (SSSR count). The average Bonchev–Trinajstić information content (AvgIpc) is 2.85. The minimum Gasteiger partial charge on any atom is -0.459 e. The van der Waals surface area contributed by atoms with Crippen LogP contribution in [0.1, 0.15) is 45.4 Å². The Labute approximate surface area is 134 Å². The molecule has 1 aromatic heterocycles. The molecular weight excluding hydrogens is 330 g/mol. The van der Waals surface area contributed by atoms with Gasteiger partial charge in [0.1, 0.15) is 11.3 Å². The van der Waals surface area contributed by atoms with Gasteiger partial charge >= 0.3 is 0 Å². The van der Waals surface area contributed by atoms with E-state index in [1.807, 2.05) is 12.1 Å². The van der Waals surface area contributed by atoms with E-state index in [9.17, 15) is 0 Å². The molecular formula is C17H24BrNO2. The maximum absolute atomic E-state index is 8.95. The second-order valence-electron chi connectivity index (χ2n) is 6.42. The summed E-state index contributed by atoms with van der Waals surface area (Å²) in [5, 5.41) is 13.6. The van der Waals surface area contributed by atoms with Crippen LogP contribution in [-0.2, 0) is 0 Å². The molecule has 0 saturated carbocycles. The van der Waals surface area contributed by atoms with Gasteiger partial charge in [-0.2, -0.15) is 0 Å². The summed E-state index contributed by atoms with van der Waals surface area (Å²) in [6.07, 6.45) is 1.86. The van der Waals surface area contributed by atoms with Crippen molar-refractivity contribution in [2.75, 3.05) is 13.2 Å². The van der Waals surface area contributed by atoms with E-state index in [-0.39, 0.29) is 18.1 Å². The number of furan rings is 1. The van der Waals surface area contributed by atoms with Gasteiger partial charge in [-0.3, -0.25) is 0 Å². The molecule has 3 nitrogen and oxygen atoms in total. The molecule has 0 bridgehead atoms. The monoisotopic (exact) mass is 353 g/mol. The minimum atomic E-state index is 0.171. The van der Waals surface area contributed by atoms with E-state index in [4.69, 9.17) is 9.52 Å². The van der Waals surface area contributed by atoms with Gasteiger partial charge in [-0.05, 0) is 49.4 Å². The summed E-state index contributed by atoms with van der Waals surface area (Å²) >= 11 is 3.48. The lowest BCUT2D eigenvalue weighted by molar-refractivity contribution is 0.231. The standard InChI is InChI=1S/C17H24BrNO2/c1-12(19-11-17(2,3)7-4-8-20)16-10-13-9-14(18)5-6-15(13)21-16/h5-6,9-10,12,19-20H,4,7-8,11H2,1-3H3. The van der Waals surface area contributed by atoms with Crippen molar-refractivity contribution in [2.45, 2.75) is 39.7 Å². The van der Waals surface area contributed by atoms with Crippen molar-refractivity contribution in [3.05, 3.63) is 34.5 Å². The number of fused-ring (bicyclic) bond motifs is 1. The first kappa shape index (κ1) is 16.5. The van der Waals surface area contributed by atoms with Crippen LogP contribution < -0.4 is 5.32 Å². The Kier molecular flexibility index (Phi) is 5.47. The molecule has 1 aromatic carbocycles. The maximum Gasteiger partial charge on any atom is 0.134 e. The van der Waals surface area contributed by atoms with Crippen molar-refractivity contribution in [1.82, 2.24) is 5.32 Å². The van der Waals surface area contributed by atoms with Gasteiger partial charge in [0.15, 0.2) is 0 Å². The highest BCUT2D eigenvalue weighted by Gasteiger charge is 2.19. The largest absolute Gasteiger partial charge is 0.459 e. The predicted molar refractivity (Wildman–Crippen MR) is 90.4 cm³/mol. The normalized spacial score (nSPS) is 13.8. The van der Waals surface area contributed by atoms with E-state index in [1.54, 1.807) is 0 Å². The SMILES string of the molecule is CC(NCC(C)(C)CCCO)c1cc2cc(Br)ccc2o1. The van der Waals surface area contributed by atoms with Crippen molar-refractivity contribution in [1.29, 1.82) is 0 Å². The zero-order valence-electron chi connectivity index (χ0n) is 12.9. The Balaban J connectivity index is 2.00. The molecule has 0 spiro atoms. The number of aliphatic hydroxyl groups is 1. The molecule has 2 aromatic rings. The number of nitrogens with one attached hydrogen (secondary N) is 1. The first-order chi connectivity index (χ1) is 9.91. The molecule has 4 heteroatoms. The van der Waals surface area contributed by atoms with E-state index < -0.39 is 0 Å². The summed E-state index contributed by atoms with van der Waals surface area (Å²) in [5.41, 5.74) is 1.09. The lowest BCUT2D eigenvalue weighted by Gasteiger charge is -2.26. The Morgan fingerprint density at radius 3 is 2.81 bits per heavy atom. The molecule has 2 N–H and O–H groups in total. The maximum atomic E-state index is 8.95. The van der Waals surface area contributed by atoms with Crippen LogP contribution in [0.15, 0.2) is 33.2 Å². The predicted octanol–water partition coefficient (Wildman–Crippen LogP) is 4.64. The van der Waals surface area contributed by atoms with Gasteiger partial charge in [0, 0.05) is 23.0 Å². The van der Waals surface area contributed by atoms with Crippen LogP contribution in [0.25, 0.3) is 11.0 Å². The molecule has 0 amide bonds. The highest BCUT2D eigenvalue weighted by Crippen LogP contribution is 2.28. The molecule has 0 fully saturated rings. The molecule has 1 unspecified atom stereocenters. The summed E-state index contributed by atoms with van der Waals surface area (Å²) in [4.78, 5) is 0. The van der Waals surface area contributed by atoms with Crippen molar-refractivity contribution < 1.29 is 9.52 Å². The zero-order valence-corrected chi connectivity index (χ0v) is 14.5. The summed E-state index contributed by atoms with van der Waals surface area (Å²) in [5.74, 6) is 0.959. The van der Waals surface area contributed by atoms with E-state index >= 15 is 0 Å². The molecule has 0 saturated heterocycles. The number of rotatable bonds is 7. The van der Waals surface area contributed by atoms with Crippen LogP contribution in [0.5, 0.6) is 0 Å². The van der Waals surface area contributed by atoms with Crippen molar-refractivity contribution in [3.8, 4) is 0 Å². The Morgan fingerprint density at radius 2 is 2.10 bits per heavy atom. The third-order valence-electron chi connectivity index (χ3n) is 3.82. The molecule has 116 valence electrons. The minimum absolute atomic E-state index is 0.171. The van der Waals surface area contributed by atoms with Gasteiger partial charge < -0.3 is 14.8 Å². The first-order valence-corrected chi connectivity index (χ1v) is 8.24. The molecule has 1 heterocycles. The number of aliphatic hydroxyl groups excluding tert-OH is 1. The summed E-state index contributed by atoms with van der Waals surface area (Å²) in [6, 6.07) is 8.32. The van der Waals surface area contributed by atoms with Crippen LogP contribution in [0.4, 0.5) is 0 Å². The fourth-order valence-electron chi connectivity index (χ4n) is 2.42. The Hall–Kier alpha value is -0.840. The first-order valence-electron chi connectivity index (χ1n) is 7.44. The molecule has 0 aliphatic rings. The van der Waals surface area contributed by atoms with Gasteiger partial charge in [-0.25, -0.2) is 0 Å². The average molecular weight is 354 g/mol. The van der Waals surface area contributed by atoms with Crippen molar-refractivity contribution in [2.24, 2.45) is 5.41 Å². The van der Waals surface area contributed by atoms with E-state index in [1.165, 1.54) is 0 Å². The van der Waals surface area contributed by atoms with Crippen LogP contribution in [0, 0.1) is 5.41 Å². The fourth-order valence-corrected chi connectivity index (χ4v) is 2.80. The van der Waals surface area contributed by atoms with Crippen molar-refractivity contribution >= 4 is 26.9 Å². The van der Waals surface area contributed by atoms with Crippen LogP contribution in [0.2, 0.25) is 0 Å². The van der Waals surface area contributed by atoms with Gasteiger partial charge in [0.05, 0.1) is 6.04 Å². The number of halogens is 1. The van der Waals surface area contributed by atoms with Crippen molar-refractivity contribution in [3.63, 3.8) is 0 Å². The third kappa shape index (κ3) is 4.56. The second-order valence-corrected chi connectivity index (χ2v) is 7.34. The zero-order chi connectivity index (χ0) is 15.5. The van der Waals surface area contributed by atoms with Crippen LogP contribution in [0.3, 0.4) is 0 Å². The summed E-state index contributed by atoms with van der Waals surface area (Å²) in [7, 11) is 0. The fraction of sp³-hybridized carbons (Fsp3) is 0.529. The molecule has 0 aliphatic carbocycles. The number of hydrogen-bond acceptors (Lipinski definition) is 3. The molecule has 21 heavy (non-hydrogen) atoms. The van der Waals surface area contributed by atoms with E-state index in [0.717, 1.165) is 40.6 Å². The molecule has 1 atom stereocenters. The summed E-state index contributed by atoms with van der Waals surface area (Å²) in [6.45, 7) is 7.72. The third-order valence-corrected chi connectivity index (χ3v) is 4.32. The van der Waals surface area contributed by atoms with Gasteiger partial charge in [-0.15, -0.1) is 0 Å². The Bertz CT molecular complexity index is 591. The number of hydrogen-bond donors (Lipinski definition) is 2. The highest BCUT2D eigenvalue weighted by atomic mass is 79.9. The smallest absolute Gasteiger partial charge is 0.134 e. The lowest BCUT2D eigenvalue weighted by atomic mass is 9.87. The summed E-state index contributed by atoms with van der Waals surface area (Å²) < 4.78 is 6.97. The topological polar surface area (TPSA) is 45.4 Å². The van der Waals surface area contributed by atoms with Crippen LogP contribution in [-0.4, -0.2) is 18.3 Å². The van der Waals surface area contributed by atoms with E-state index in [2.05, 4.69) is 54.2 Å². The highest BCUT2D eigenvalue weighted by molar-refractivity contribution is 9.10. The number of benzene rings is 1. The van der Waals surface area contributed by atoms with Crippen LogP contribution >= 0.6 is 15.9 Å². The second kappa shape index (κ2) is 6.95. The van der Waals surface area contributed by atoms with Gasteiger partial charge in [0.25, 0.3) is 0 Å². The van der Waals surface area contributed by atoms with E-state index in [0.29, 0.717) is 0 Å². The molecule has 0 radical (unpaired) electrons. The Morgan fingerprint density at radius 1 is 1.33 bits per heavy atom. The van der Waals surface area contributed by atoms with Gasteiger partial charge in [0.2, 0.25) is 0 Å². The quantitative estimate of drug-likeness (QED) is 0.761.